The van der Waals surface area contributed by atoms with Crippen molar-refractivity contribution >= 4 is 78.4 Å². The van der Waals surface area contributed by atoms with Crippen LogP contribution >= 0.6 is 7.37 Å². The lowest BCUT2D eigenvalue weighted by molar-refractivity contribution is -0.148. The second kappa shape index (κ2) is 64.3. The monoisotopic (exact) mass is 1700 g/mol. The number of carboxylic acid groups (broad SMARTS) is 2. The number of hydrogen-bond donors (Lipinski definition) is 15. The van der Waals surface area contributed by atoms with Gasteiger partial charge in [-0.3, -0.25) is 57.3 Å². The predicted octanol–water partition coefficient (Wildman–Crippen LogP) is -0.244. The Hall–Kier alpha value is -8.67. The average molecular weight is 1700 g/mol. The molecule has 1 heterocycles. The van der Waals surface area contributed by atoms with Gasteiger partial charge >= 0.3 is 17.9 Å². The normalized spacial score (nSPS) is 15.4. The van der Waals surface area contributed by atoms with E-state index in [1.54, 1.807) is 55.5 Å². The van der Waals surface area contributed by atoms with E-state index >= 15 is 0 Å². The van der Waals surface area contributed by atoms with Crippen LogP contribution in [0.4, 0.5) is 0 Å². The van der Waals surface area contributed by atoms with Gasteiger partial charge in [0.2, 0.25) is 60.5 Å². The van der Waals surface area contributed by atoms with Gasteiger partial charge in [-0.15, -0.1) is 0 Å². The van der Waals surface area contributed by atoms with Gasteiger partial charge in [-0.25, -0.2) is 4.79 Å². The number of aliphatic carboxylic acids is 2. The smallest absolute Gasteiger partial charge is 0.334 e. The zero-order valence-corrected chi connectivity index (χ0v) is 68.5. The summed E-state index contributed by atoms with van der Waals surface area (Å²) < 4.78 is 72.7. The number of aliphatic hydroxyl groups excluding tert-OH is 2. The number of phenols is 1. The van der Waals surface area contributed by atoms with Gasteiger partial charge in [-0.1, -0.05) is 94.3 Å². The molecule has 0 bridgehead atoms. The van der Waals surface area contributed by atoms with Crippen molar-refractivity contribution in [2.45, 2.75) is 146 Å². The Morgan fingerprint density at radius 2 is 0.975 bits per heavy atom. The molecular weight excluding hydrogens is 1570 g/mol. The molecule has 3 rings (SSSR count). The SMILES string of the molecule is C/C=C1\CC(c2ccc(O)cc2)C(NC(=O)C(Cc2ccccc2)NC(=O)C(CO)NC(=O)C(CO)NC(=O)CCOCCOCCOCCNC(=O)C(CC(=O)NCCOCCOCCOCCNC(=O)CCP(=O)(O)CC(CCC(=O)O)C(=O)O)NC(=O)COCCOCCOCCOCC(=O)NCCCCCCCCCC)C(=O)O1. The molecular formula is C78H124N9O30P. The Labute approximate surface area is 687 Å². The van der Waals surface area contributed by atoms with Crippen LogP contribution in [-0.2, 0) is 121 Å². The van der Waals surface area contributed by atoms with Crippen LogP contribution in [0.25, 0.3) is 0 Å². The molecule has 2 aromatic rings. The fourth-order valence-electron chi connectivity index (χ4n) is 11.3. The molecule has 39 nitrogen and oxygen atoms in total. The van der Waals surface area contributed by atoms with Crippen molar-refractivity contribution < 1.29 is 145 Å². The highest BCUT2D eigenvalue weighted by atomic mass is 31.2. The maximum absolute atomic E-state index is 14.1. The fraction of sp³-hybridized carbons (Fsp3) is 0.667. The van der Waals surface area contributed by atoms with Crippen LogP contribution in [0.2, 0.25) is 0 Å². The van der Waals surface area contributed by atoms with Crippen molar-refractivity contribution in [3.63, 3.8) is 0 Å². The number of allylic oxidation sites excluding steroid dienone is 2. The van der Waals surface area contributed by atoms with Crippen molar-refractivity contribution in [3.05, 3.63) is 77.6 Å². The Balaban J connectivity index is 1.36. The molecule has 2 aromatic carbocycles. The van der Waals surface area contributed by atoms with E-state index in [1.165, 1.54) is 44.2 Å². The number of aromatic hydroxyl groups is 1. The van der Waals surface area contributed by atoms with E-state index in [2.05, 4.69) is 54.8 Å². The van der Waals surface area contributed by atoms with Gasteiger partial charge in [0.05, 0.1) is 144 Å². The second-order valence-electron chi connectivity index (χ2n) is 27.2. The van der Waals surface area contributed by atoms with E-state index in [4.69, 9.17) is 57.2 Å². The van der Waals surface area contributed by atoms with Crippen LogP contribution < -0.4 is 47.9 Å². The molecule has 15 N–H and O–H groups in total. The molecule has 0 spiro atoms. The van der Waals surface area contributed by atoms with Crippen molar-refractivity contribution in [1.82, 2.24) is 47.9 Å². The second-order valence-corrected chi connectivity index (χ2v) is 29.7. The summed E-state index contributed by atoms with van der Waals surface area (Å²) in [6.07, 6.45) is 8.15. The number of phenolic OH excluding ortho intramolecular Hbond substituents is 1. The number of esters is 1. The number of aliphatic hydroxyl groups is 2. The molecule has 8 unspecified atom stereocenters. The van der Waals surface area contributed by atoms with E-state index in [-0.39, 0.29) is 189 Å². The summed E-state index contributed by atoms with van der Waals surface area (Å²) in [4.78, 5) is 163. The summed E-state index contributed by atoms with van der Waals surface area (Å²) in [5.74, 6) is -11.3. The molecule has 0 aromatic heterocycles. The minimum Gasteiger partial charge on any atom is -0.508 e. The van der Waals surface area contributed by atoms with Crippen LogP contribution in [0.5, 0.6) is 5.75 Å². The lowest BCUT2D eigenvalue weighted by Gasteiger charge is -2.33. The Kier molecular flexibility index (Phi) is 56.4. The number of carboxylic acids is 2. The molecule has 0 aliphatic carbocycles. The standard InChI is InChI=1S/C78H124N9O30P/c1-3-5-6-7-8-9-10-14-25-79-69(94)53-115-45-43-113-41-42-114-44-46-116-54-70(95)83-63(50-68(93)81-27-31-109-35-39-112-38-34-108-30-26-80-66(91)24-47-118(105,106)55-58(77(102)103)19-22-71(96)97)73(98)82-28-32-110-36-40-111-37-33-107-29-23-67(92)84-64(51-88)75(100)86-65(52-89)76(101)85-62(48-56-15-12-11-13-16-56)74(99)87-72-61(49-60(4-2)117-78(72)104)57-17-20-59(90)21-18-57/h4,11-13,15-18,20-21,58,61-65,72,88-90H,3,5-10,14,19,22-55H2,1-2H3,(H,79,94)(H,80,91)(H,81,93)(H,82,98)(H,83,95)(H,84,92)(H,85,101)(H,86,100)(H,87,99)(H,96,97)(H,102,103)(H,105,106)/b60-4+. The van der Waals surface area contributed by atoms with Gasteiger partial charge in [0.25, 0.3) is 0 Å². The van der Waals surface area contributed by atoms with E-state index in [0.29, 0.717) is 23.4 Å². The molecule has 1 aliphatic heterocycles. The first-order valence-electron chi connectivity index (χ1n) is 39.9. The van der Waals surface area contributed by atoms with Crippen molar-refractivity contribution in [2.24, 2.45) is 5.92 Å². The lowest BCUT2D eigenvalue weighted by Crippen LogP contribution is -2.60. The van der Waals surface area contributed by atoms with Crippen LogP contribution in [-0.4, -0.2) is 316 Å². The molecule has 666 valence electrons. The van der Waals surface area contributed by atoms with Gasteiger partial charge in [0, 0.05) is 76.5 Å². The molecule has 8 atom stereocenters. The minimum absolute atomic E-state index is 0.00301. The first-order chi connectivity index (χ1) is 56.9. The molecule has 0 radical (unpaired) electrons. The first kappa shape index (κ1) is 104. The number of unbranched alkanes of at least 4 members (excludes halogenated alkanes) is 7. The Bertz CT molecular complexity index is 3350. The number of benzene rings is 2. The van der Waals surface area contributed by atoms with Gasteiger partial charge in [0.15, 0.2) is 0 Å². The molecule has 1 saturated heterocycles. The minimum atomic E-state index is -4.03. The quantitative estimate of drug-likeness (QED) is 0.0231. The summed E-state index contributed by atoms with van der Waals surface area (Å²) in [7, 11) is -4.03. The maximum Gasteiger partial charge on any atom is 0.334 e. The highest BCUT2D eigenvalue weighted by Gasteiger charge is 2.40. The summed E-state index contributed by atoms with van der Waals surface area (Å²) in [5.41, 5.74) is 1.23. The van der Waals surface area contributed by atoms with Gasteiger partial charge in [-0.05, 0) is 49.1 Å². The van der Waals surface area contributed by atoms with Crippen LogP contribution in [0.3, 0.4) is 0 Å². The summed E-state index contributed by atoms with van der Waals surface area (Å²) in [5, 5.41) is 71.4. The van der Waals surface area contributed by atoms with Crippen molar-refractivity contribution in [2.75, 3.05) is 184 Å². The zero-order valence-electron chi connectivity index (χ0n) is 67.6. The summed E-state index contributed by atoms with van der Waals surface area (Å²) in [6, 6.07) is 7.54. The summed E-state index contributed by atoms with van der Waals surface area (Å²) >= 11 is 0. The van der Waals surface area contributed by atoms with E-state index in [0.717, 1.165) is 19.3 Å². The van der Waals surface area contributed by atoms with Crippen molar-refractivity contribution in [1.29, 1.82) is 0 Å². The van der Waals surface area contributed by atoms with E-state index in [1.807, 2.05) is 0 Å². The molecule has 0 saturated carbocycles. The van der Waals surface area contributed by atoms with Gasteiger partial charge in [0.1, 0.15) is 54.9 Å². The number of carbonyl (C=O) groups excluding carboxylic acids is 10. The van der Waals surface area contributed by atoms with Crippen LogP contribution in [0.1, 0.15) is 121 Å². The van der Waals surface area contributed by atoms with E-state index < -0.39 is 160 Å². The third kappa shape index (κ3) is 49.7. The third-order valence-electron chi connectivity index (χ3n) is 17.7. The number of carbonyl (C=O) groups is 12. The zero-order chi connectivity index (χ0) is 86.4. The molecule has 1 fully saturated rings. The Morgan fingerprint density at radius 3 is 1.51 bits per heavy atom. The highest BCUT2D eigenvalue weighted by Crippen LogP contribution is 2.44. The summed E-state index contributed by atoms with van der Waals surface area (Å²) in [6.45, 7) is 4.15. The molecule has 9 amide bonds. The number of rotatable bonds is 71. The number of ether oxygens (including phenoxy) is 11. The van der Waals surface area contributed by atoms with Gasteiger partial charge in [-0.2, -0.15) is 0 Å². The number of nitrogens with one attached hydrogen (secondary N) is 9. The number of cyclic esters (lactones) is 1. The molecule has 1 aliphatic rings. The largest absolute Gasteiger partial charge is 0.508 e. The Morgan fingerprint density at radius 1 is 0.500 bits per heavy atom. The van der Waals surface area contributed by atoms with Crippen LogP contribution in [0, 0.1) is 5.92 Å². The first-order valence-corrected chi connectivity index (χ1v) is 41.9. The van der Waals surface area contributed by atoms with Crippen molar-refractivity contribution in [3.8, 4) is 5.75 Å². The lowest BCUT2D eigenvalue weighted by atomic mass is 9.85. The predicted molar refractivity (Wildman–Crippen MR) is 424 cm³/mol. The highest BCUT2D eigenvalue weighted by molar-refractivity contribution is 7.58. The van der Waals surface area contributed by atoms with Gasteiger partial charge < -0.3 is 130 Å². The number of hydrogen-bond acceptors (Lipinski definition) is 27. The average Bonchev–Trinajstić information content (AvgIpc) is 0.798. The topological polar surface area (TPSA) is 553 Å². The number of amides is 9. The molecule has 118 heavy (non-hydrogen) atoms. The molecule has 40 heteroatoms. The maximum atomic E-state index is 14.1. The van der Waals surface area contributed by atoms with E-state index in [9.17, 15) is 87.4 Å². The van der Waals surface area contributed by atoms with Crippen LogP contribution in [0.15, 0.2) is 66.4 Å². The third-order valence-corrected chi connectivity index (χ3v) is 19.6. The fourth-order valence-corrected chi connectivity index (χ4v) is 13.0.